The SMILES string of the molecule is CC(C)C[C@H](NC(=O)[C@H](CCCN)NC(=O)[C@@H](N)C(C)C)C(=O)N[C@@H](Cc1ccc(O)cc1)C(=O)N1CCC[C@H]1C(=O)N[C@H](C(=O)N[C@@H](Cc1ccccc1)C(=O)N[C@@H](CC(N)=O)C(=O)N[C@@H](CC(=O)O)C(=O)N[C@@H](Cc1c[nH]c2ccccc12)C(=O)O)C(O)c1ccccc1. The zero-order valence-corrected chi connectivity index (χ0v) is 53.8. The fourth-order valence-corrected chi connectivity index (χ4v) is 11.0. The predicted octanol–water partition coefficient (Wildman–Crippen LogP) is -0.293. The fraction of sp³-hybridized carbons (Fsp3) is 0.433. The third-order valence-electron chi connectivity index (χ3n) is 16.2. The summed E-state index contributed by atoms with van der Waals surface area (Å²) in [6, 6.07) is 13.0. The number of nitrogens with zero attached hydrogens (tertiary/aromatic N) is 1. The number of likely N-dealkylation sites (tertiary alicyclic amines) is 1. The quantitative estimate of drug-likeness (QED) is 0.0245. The molecule has 516 valence electrons. The summed E-state index contributed by atoms with van der Waals surface area (Å²) in [4.78, 5) is 171. The molecule has 29 nitrogen and oxygen atoms in total. The van der Waals surface area contributed by atoms with Crippen LogP contribution in [-0.4, -0.2) is 175 Å². The van der Waals surface area contributed by atoms with E-state index in [1.165, 1.54) is 41.3 Å². The molecule has 0 bridgehead atoms. The lowest BCUT2D eigenvalue weighted by Gasteiger charge is -2.32. The van der Waals surface area contributed by atoms with Gasteiger partial charge in [0.05, 0.1) is 18.9 Å². The van der Waals surface area contributed by atoms with Crippen LogP contribution in [0.1, 0.15) is 101 Å². The van der Waals surface area contributed by atoms with Crippen LogP contribution in [0.4, 0.5) is 0 Å². The minimum atomic E-state index is -1.99. The Hall–Kier alpha value is -10.3. The lowest BCUT2D eigenvalue weighted by molar-refractivity contribution is -0.144. The van der Waals surface area contributed by atoms with Gasteiger partial charge in [-0.15, -0.1) is 0 Å². The van der Waals surface area contributed by atoms with Crippen molar-refractivity contribution in [2.45, 2.75) is 158 Å². The molecule has 1 aliphatic rings. The predicted molar refractivity (Wildman–Crippen MR) is 350 cm³/mol. The number of benzene rings is 4. The number of primary amides is 1. The normalized spacial score (nSPS) is 16.0. The van der Waals surface area contributed by atoms with Gasteiger partial charge in [-0.1, -0.05) is 119 Å². The van der Waals surface area contributed by atoms with Crippen LogP contribution < -0.4 is 59.7 Å². The van der Waals surface area contributed by atoms with Gasteiger partial charge in [-0.2, -0.15) is 0 Å². The first-order valence-corrected chi connectivity index (χ1v) is 31.7. The Kier molecular flexibility index (Phi) is 27.9. The van der Waals surface area contributed by atoms with Crippen LogP contribution >= 0.6 is 0 Å². The highest BCUT2D eigenvalue weighted by Crippen LogP contribution is 2.25. The summed E-state index contributed by atoms with van der Waals surface area (Å²) in [6.07, 6.45) is -2.42. The number of phenolic OH excluding ortho intramolecular Hbond substituents is 1. The van der Waals surface area contributed by atoms with E-state index in [2.05, 4.69) is 47.5 Å². The number of aliphatic hydroxyl groups excluding tert-OH is 1. The molecule has 29 heteroatoms. The van der Waals surface area contributed by atoms with E-state index in [1.54, 1.807) is 92.8 Å². The van der Waals surface area contributed by atoms with Crippen molar-refractivity contribution in [1.82, 2.24) is 52.4 Å². The Bertz CT molecular complexity index is 3540. The topological polar surface area (TPSA) is 479 Å². The maximum atomic E-state index is 15.1. The Morgan fingerprint density at radius 3 is 1.71 bits per heavy atom. The first kappa shape index (κ1) is 74.8. The number of aromatic hydroxyl groups is 1. The number of carboxylic acid groups (broad SMARTS) is 2. The van der Waals surface area contributed by atoms with Crippen molar-refractivity contribution in [2.24, 2.45) is 29.0 Å². The summed E-state index contributed by atoms with van der Waals surface area (Å²) in [5.41, 5.74) is 19.6. The molecular formula is C67H87N13O16. The number of aliphatic carboxylic acids is 2. The molecule has 1 aliphatic heterocycles. The highest BCUT2D eigenvalue weighted by atomic mass is 16.4. The lowest BCUT2D eigenvalue weighted by atomic mass is 9.98. The van der Waals surface area contributed by atoms with Crippen molar-refractivity contribution in [3.05, 3.63) is 138 Å². The molecule has 11 atom stereocenters. The maximum absolute atomic E-state index is 15.1. The summed E-state index contributed by atoms with van der Waals surface area (Å²) < 4.78 is 0. The third kappa shape index (κ3) is 21.9. The van der Waals surface area contributed by atoms with Gasteiger partial charge >= 0.3 is 11.9 Å². The van der Waals surface area contributed by atoms with E-state index in [1.807, 2.05) is 13.8 Å². The largest absolute Gasteiger partial charge is 0.508 e. The number of para-hydroxylation sites is 1. The molecule has 1 unspecified atom stereocenters. The van der Waals surface area contributed by atoms with Crippen LogP contribution in [0, 0.1) is 11.8 Å². The van der Waals surface area contributed by atoms with Gasteiger partial charge in [0, 0.05) is 42.9 Å². The summed E-state index contributed by atoms with van der Waals surface area (Å²) >= 11 is 0. The highest BCUT2D eigenvalue weighted by Gasteiger charge is 2.43. The molecule has 10 amide bonds. The molecule has 5 aromatic rings. The third-order valence-corrected chi connectivity index (χ3v) is 16.2. The molecule has 6 rings (SSSR count). The molecule has 0 radical (unpaired) electrons. The zero-order valence-electron chi connectivity index (χ0n) is 53.8. The maximum Gasteiger partial charge on any atom is 0.326 e. The number of fused-ring (bicyclic) bond motifs is 1. The number of nitrogens with one attached hydrogen (secondary N) is 9. The van der Waals surface area contributed by atoms with Gasteiger partial charge in [0.25, 0.3) is 0 Å². The Balaban J connectivity index is 1.26. The van der Waals surface area contributed by atoms with E-state index in [0.29, 0.717) is 34.0 Å². The summed E-state index contributed by atoms with van der Waals surface area (Å²) in [7, 11) is 0. The number of rotatable bonds is 36. The van der Waals surface area contributed by atoms with E-state index in [4.69, 9.17) is 17.2 Å². The van der Waals surface area contributed by atoms with Crippen LogP contribution in [0.15, 0.2) is 115 Å². The van der Waals surface area contributed by atoms with E-state index in [0.717, 1.165) is 0 Å². The van der Waals surface area contributed by atoms with Gasteiger partial charge in [0.2, 0.25) is 59.1 Å². The van der Waals surface area contributed by atoms with Crippen molar-refractivity contribution >= 4 is 81.9 Å². The number of nitrogens with two attached hydrogens (primary N) is 3. The van der Waals surface area contributed by atoms with Crippen LogP contribution in [-0.2, 0) is 76.8 Å². The molecule has 1 saturated heterocycles. The van der Waals surface area contributed by atoms with Crippen molar-refractivity contribution in [2.75, 3.05) is 13.1 Å². The van der Waals surface area contributed by atoms with Crippen LogP contribution in [0.25, 0.3) is 10.9 Å². The van der Waals surface area contributed by atoms with E-state index in [9.17, 15) is 73.2 Å². The second-order valence-electron chi connectivity index (χ2n) is 24.5. The monoisotopic (exact) mass is 1330 g/mol. The zero-order chi connectivity index (χ0) is 70.3. The highest BCUT2D eigenvalue weighted by molar-refractivity contribution is 6.00. The number of H-pyrrole nitrogens is 1. The molecule has 1 fully saturated rings. The van der Waals surface area contributed by atoms with Gasteiger partial charge < -0.3 is 90.0 Å². The number of amides is 10. The lowest BCUT2D eigenvalue weighted by Crippen LogP contribution is -2.61. The van der Waals surface area contributed by atoms with Gasteiger partial charge in [0.15, 0.2) is 0 Å². The molecule has 96 heavy (non-hydrogen) atoms. The van der Waals surface area contributed by atoms with Gasteiger partial charge in [-0.3, -0.25) is 52.7 Å². The number of carbonyl (C=O) groups excluding carboxylic acids is 10. The number of hydrogen-bond donors (Lipinski definition) is 16. The molecule has 19 N–H and O–H groups in total. The smallest absolute Gasteiger partial charge is 0.326 e. The minimum Gasteiger partial charge on any atom is -0.508 e. The van der Waals surface area contributed by atoms with Crippen molar-refractivity contribution in [1.29, 1.82) is 0 Å². The number of carbonyl (C=O) groups is 12. The van der Waals surface area contributed by atoms with E-state index < -0.39 is 150 Å². The first-order valence-electron chi connectivity index (χ1n) is 31.7. The van der Waals surface area contributed by atoms with Gasteiger partial charge in [-0.05, 0) is 90.9 Å². The molecule has 1 aromatic heterocycles. The second kappa shape index (κ2) is 35.9. The Morgan fingerprint density at radius 1 is 0.583 bits per heavy atom. The Labute approximate surface area is 554 Å². The fourth-order valence-electron chi connectivity index (χ4n) is 11.0. The number of aliphatic hydroxyl groups is 1. The van der Waals surface area contributed by atoms with Crippen LogP contribution in [0.5, 0.6) is 5.75 Å². The van der Waals surface area contributed by atoms with E-state index >= 15 is 4.79 Å². The molecule has 2 heterocycles. The standard InChI is InChI=1S/C67H87N13O16/c1-36(2)29-46(73-58(86)45(21-13-27-68)72-64(92)55(70)37(3)4)59(87)77-50(31-39-23-25-42(81)26-24-39)66(94)80-28-14-22-52(80)63(91)79-56(57(85)40-17-9-6-10-18-40)65(93)76-47(30-38-15-7-5-8-16-38)60(88)74-48(33-53(69)82)61(89)75-49(34-54(83)84)62(90)78-51(67(95)96)32-41-35-71-44-20-12-11-19-43(41)44/h5-12,15-20,23-26,35-37,45-52,55-57,71,81,85H,13-14,21-22,27-34,68,70H2,1-4H3,(H2,69,82)(H,72,92)(H,73,86)(H,74,88)(H,75,89)(H,76,93)(H,77,87)(H,78,90)(H,79,91)(H,83,84)(H,95,96)/t45-,46-,47-,48-,49-,50-,51-,52-,55-,56-,57?/m0/s1. The van der Waals surface area contributed by atoms with Crippen LogP contribution in [0.3, 0.4) is 0 Å². The average Bonchev–Trinajstić information content (AvgIpc) is 1.59. The number of phenols is 1. The molecule has 4 aromatic carbocycles. The summed E-state index contributed by atoms with van der Waals surface area (Å²) in [5.74, 6) is -13.5. The van der Waals surface area contributed by atoms with Crippen molar-refractivity contribution < 1.29 is 78.0 Å². The average molecular weight is 1330 g/mol. The van der Waals surface area contributed by atoms with Crippen molar-refractivity contribution in [3.8, 4) is 5.75 Å². The van der Waals surface area contributed by atoms with Crippen LogP contribution in [0.2, 0.25) is 0 Å². The molecular weight excluding hydrogens is 1240 g/mol. The number of carboxylic acids is 2. The summed E-state index contributed by atoms with van der Waals surface area (Å²) in [5, 5.41) is 63.0. The van der Waals surface area contributed by atoms with Crippen molar-refractivity contribution in [3.63, 3.8) is 0 Å². The number of aromatic nitrogens is 1. The Morgan fingerprint density at radius 2 is 1.10 bits per heavy atom. The molecule has 0 spiro atoms. The van der Waals surface area contributed by atoms with Gasteiger partial charge in [-0.25, -0.2) is 4.79 Å². The molecule has 0 saturated carbocycles. The number of aromatic amines is 1. The number of hydrogen-bond acceptors (Lipinski definition) is 16. The summed E-state index contributed by atoms with van der Waals surface area (Å²) in [6.45, 7) is 7.25. The van der Waals surface area contributed by atoms with Gasteiger partial charge in [0.1, 0.15) is 66.2 Å². The minimum absolute atomic E-state index is 0.0120. The molecule has 0 aliphatic carbocycles. The second-order valence-corrected chi connectivity index (χ2v) is 24.5. The van der Waals surface area contributed by atoms with E-state index in [-0.39, 0.29) is 81.2 Å². The first-order chi connectivity index (χ1) is 45.6.